The summed E-state index contributed by atoms with van der Waals surface area (Å²) in [7, 11) is 0. The summed E-state index contributed by atoms with van der Waals surface area (Å²) in [5.74, 6) is 0. The van der Waals surface area contributed by atoms with Crippen molar-refractivity contribution in [2.75, 3.05) is 18.1 Å². The predicted molar refractivity (Wildman–Crippen MR) is 125 cm³/mol. The average molecular weight is 540 g/mol. The maximum Gasteiger partial charge on any atom is 0.431 e. The first-order chi connectivity index (χ1) is 15.9. The van der Waals surface area contributed by atoms with Crippen LogP contribution >= 0.6 is 24.0 Å². The quantitative estimate of drug-likeness (QED) is 0.448. The van der Waals surface area contributed by atoms with Crippen LogP contribution in [0.3, 0.4) is 0 Å². The van der Waals surface area contributed by atoms with Gasteiger partial charge in [0.25, 0.3) is 5.60 Å². The molecule has 2 heterocycles. The van der Waals surface area contributed by atoms with Crippen LogP contribution in [0.5, 0.6) is 0 Å². The molecule has 35 heavy (non-hydrogen) atoms. The Labute approximate surface area is 208 Å². The molecule has 190 valence electrons. The maximum absolute atomic E-state index is 13.5. The van der Waals surface area contributed by atoms with Crippen LogP contribution in [0.1, 0.15) is 30.0 Å². The van der Waals surface area contributed by atoms with Crippen LogP contribution in [-0.4, -0.2) is 41.9 Å². The third-order valence-electron chi connectivity index (χ3n) is 5.98. The lowest BCUT2D eigenvalue weighted by atomic mass is 9.90. The molecule has 2 aromatic carbocycles. The summed E-state index contributed by atoms with van der Waals surface area (Å²) in [5, 5.41) is 18.0. The maximum atomic E-state index is 13.5. The van der Waals surface area contributed by atoms with E-state index in [1.165, 1.54) is 12.1 Å². The summed E-state index contributed by atoms with van der Waals surface area (Å²) in [4.78, 5) is 0. The molecule has 0 radical (unpaired) electrons. The fraction of sp³-hybridized carbons (Fsp3) is 0.348. The van der Waals surface area contributed by atoms with E-state index in [4.69, 9.17) is 11.6 Å². The van der Waals surface area contributed by atoms with Crippen LogP contribution in [0, 0.1) is 0 Å². The van der Waals surface area contributed by atoms with Crippen molar-refractivity contribution in [3.05, 3.63) is 70.8 Å². The highest BCUT2D eigenvalue weighted by atomic mass is 35.5. The van der Waals surface area contributed by atoms with E-state index < -0.39 is 36.1 Å². The average Bonchev–Trinajstić information content (AvgIpc) is 3.23. The summed E-state index contributed by atoms with van der Waals surface area (Å²) in [6, 6.07) is 11.7. The fourth-order valence-electron chi connectivity index (χ4n) is 4.16. The zero-order valence-electron chi connectivity index (χ0n) is 18.0. The van der Waals surface area contributed by atoms with E-state index >= 15 is 0 Å². The van der Waals surface area contributed by atoms with Crippen molar-refractivity contribution in [2.45, 2.75) is 36.8 Å². The summed E-state index contributed by atoms with van der Waals surface area (Å²) in [6.45, 7) is 1.51. The molecule has 0 saturated carbocycles. The van der Waals surface area contributed by atoms with Crippen molar-refractivity contribution in [1.29, 1.82) is 0 Å². The van der Waals surface area contributed by atoms with Gasteiger partial charge in [-0.15, -0.1) is 12.4 Å². The lowest BCUT2D eigenvalue weighted by Crippen LogP contribution is -2.62. The van der Waals surface area contributed by atoms with Crippen molar-refractivity contribution in [3.63, 3.8) is 0 Å². The Kier molecular flexibility index (Phi) is 7.81. The molecule has 0 aromatic heterocycles. The number of anilines is 1. The molecule has 0 bridgehead atoms. The number of alkyl halides is 6. The second-order valence-corrected chi connectivity index (χ2v) is 8.48. The van der Waals surface area contributed by atoms with E-state index in [-0.39, 0.29) is 23.1 Å². The van der Waals surface area contributed by atoms with E-state index in [0.717, 1.165) is 29.1 Å². The Morgan fingerprint density at radius 2 is 1.60 bits per heavy atom. The van der Waals surface area contributed by atoms with Gasteiger partial charge in [-0.3, -0.25) is 5.01 Å². The zero-order valence-corrected chi connectivity index (χ0v) is 19.6. The highest BCUT2D eigenvalue weighted by Crippen LogP contribution is 2.49. The van der Waals surface area contributed by atoms with Crippen molar-refractivity contribution in [2.24, 2.45) is 5.10 Å². The zero-order chi connectivity index (χ0) is 24.7. The Morgan fingerprint density at radius 3 is 2.14 bits per heavy atom. The van der Waals surface area contributed by atoms with Gasteiger partial charge in [-0.25, -0.2) is 0 Å². The number of nitrogens with one attached hydrogen (secondary N) is 1. The molecule has 2 aliphatic heterocycles. The molecule has 0 fully saturated rings. The first-order valence-electron chi connectivity index (χ1n) is 10.4. The molecule has 0 aliphatic carbocycles. The van der Waals surface area contributed by atoms with Gasteiger partial charge in [0.05, 0.1) is 17.4 Å². The molecular formula is C23H21Cl2F6N3O. The molecule has 0 saturated heterocycles. The van der Waals surface area contributed by atoms with Crippen LogP contribution in [0.25, 0.3) is 5.57 Å². The van der Waals surface area contributed by atoms with Crippen molar-refractivity contribution >= 4 is 41.0 Å². The predicted octanol–water partition coefficient (Wildman–Crippen LogP) is 6.30. The summed E-state index contributed by atoms with van der Waals surface area (Å²) >= 11 is 6.23. The van der Waals surface area contributed by atoms with Gasteiger partial charge < -0.3 is 10.4 Å². The monoisotopic (exact) mass is 539 g/mol. The second-order valence-electron chi connectivity index (χ2n) is 8.07. The summed E-state index contributed by atoms with van der Waals surface area (Å²) in [5.41, 5.74) is -3.99. The van der Waals surface area contributed by atoms with Gasteiger partial charge in [0, 0.05) is 18.0 Å². The van der Waals surface area contributed by atoms with E-state index in [2.05, 4.69) is 10.4 Å². The molecule has 2 aromatic rings. The molecule has 2 aliphatic rings. The Bertz CT molecular complexity index is 1100. The Morgan fingerprint density at radius 1 is 0.971 bits per heavy atom. The molecule has 0 spiro atoms. The number of nitrogens with zero attached hydrogens (tertiary/aromatic N) is 2. The minimum Gasteiger partial charge on any atom is -0.369 e. The van der Waals surface area contributed by atoms with Crippen molar-refractivity contribution in [3.8, 4) is 0 Å². The largest absolute Gasteiger partial charge is 0.431 e. The SMILES string of the molecule is Cl.OC(C1=NN(c2ccc(C3=CCNCC3)cc2)C(c2ccccc2Cl)C1)(C(F)(F)F)C(F)(F)F. The number of benzene rings is 2. The number of hydrogen-bond donors (Lipinski definition) is 2. The van der Waals surface area contributed by atoms with E-state index in [0.29, 0.717) is 12.1 Å². The van der Waals surface area contributed by atoms with Crippen LogP contribution in [0.2, 0.25) is 5.02 Å². The normalized spacial score (nSPS) is 19.2. The molecule has 1 atom stereocenters. The van der Waals surface area contributed by atoms with Crippen molar-refractivity contribution in [1.82, 2.24) is 5.32 Å². The van der Waals surface area contributed by atoms with Gasteiger partial charge >= 0.3 is 12.4 Å². The van der Waals surface area contributed by atoms with Gasteiger partial charge in [0.1, 0.15) is 0 Å². The highest BCUT2D eigenvalue weighted by Gasteiger charge is 2.74. The standard InChI is InChI=1S/C23H20ClF6N3O.ClH/c24-18-4-2-1-3-17(18)19-13-20(21(34,22(25,26)27)23(28,29)30)32-33(19)16-7-5-14(6-8-16)15-9-11-31-12-10-15;/h1-9,19,31,34H,10-13H2;1H. The van der Waals surface area contributed by atoms with Crippen molar-refractivity contribution < 1.29 is 31.4 Å². The van der Waals surface area contributed by atoms with E-state index in [9.17, 15) is 31.4 Å². The minimum absolute atomic E-state index is 0. The van der Waals surface area contributed by atoms with Gasteiger partial charge in [0.15, 0.2) is 0 Å². The first kappa shape index (κ1) is 27.3. The lowest BCUT2D eigenvalue weighted by Gasteiger charge is -2.32. The number of hydrogen-bond acceptors (Lipinski definition) is 4. The van der Waals surface area contributed by atoms with Gasteiger partial charge in [0.2, 0.25) is 0 Å². The molecule has 4 rings (SSSR count). The molecule has 1 unspecified atom stereocenters. The van der Waals surface area contributed by atoms with Crippen LogP contribution in [0.4, 0.5) is 32.0 Å². The summed E-state index contributed by atoms with van der Waals surface area (Å²) in [6.07, 6.45) is -10.0. The molecule has 12 heteroatoms. The number of aliphatic hydroxyl groups is 1. The van der Waals surface area contributed by atoms with Gasteiger partial charge in [-0.05, 0) is 47.9 Å². The Balaban J connectivity index is 0.00000342. The third kappa shape index (κ3) is 5.02. The lowest BCUT2D eigenvalue weighted by molar-refractivity contribution is -0.338. The number of hydrazone groups is 1. The molecule has 2 N–H and O–H groups in total. The summed E-state index contributed by atoms with van der Waals surface area (Å²) < 4.78 is 81.3. The molecule has 0 amide bonds. The first-order valence-corrected chi connectivity index (χ1v) is 10.8. The fourth-order valence-corrected chi connectivity index (χ4v) is 4.42. The number of halogens is 8. The van der Waals surface area contributed by atoms with Gasteiger partial charge in [-0.2, -0.15) is 31.4 Å². The molecular weight excluding hydrogens is 519 g/mol. The number of rotatable bonds is 4. The smallest absolute Gasteiger partial charge is 0.369 e. The Hall–Kier alpha value is -2.27. The van der Waals surface area contributed by atoms with Crippen LogP contribution in [-0.2, 0) is 0 Å². The van der Waals surface area contributed by atoms with Crippen LogP contribution < -0.4 is 10.3 Å². The van der Waals surface area contributed by atoms with Crippen LogP contribution in [0.15, 0.2) is 59.7 Å². The van der Waals surface area contributed by atoms with Gasteiger partial charge in [-0.1, -0.05) is 48.0 Å². The second kappa shape index (κ2) is 10.0. The molecule has 4 nitrogen and oxygen atoms in total. The third-order valence-corrected chi connectivity index (χ3v) is 6.32. The van der Waals surface area contributed by atoms with E-state index in [1.54, 1.807) is 36.4 Å². The highest BCUT2D eigenvalue weighted by molar-refractivity contribution is 6.31. The minimum atomic E-state index is -6.02. The van der Waals surface area contributed by atoms with E-state index in [1.807, 2.05) is 6.08 Å². The topological polar surface area (TPSA) is 47.9 Å².